The maximum atomic E-state index is 12.2. The second-order valence-electron chi connectivity index (χ2n) is 6.74. The summed E-state index contributed by atoms with van der Waals surface area (Å²) in [6.07, 6.45) is 2.08. The molecular weight excluding hydrogens is 368 g/mol. The number of anilines is 2. The van der Waals surface area contributed by atoms with Gasteiger partial charge in [0.05, 0.1) is 0 Å². The number of ether oxygens (including phenoxy) is 1. The van der Waals surface area contributed by atoms with Gasteiger partial charge in [-0.25, -0.2) is 4.68 Å². The molecule has 0 saturated carbocycles. The second kappa shape index (κ2) is 10.2. The highest BCUT2D eigenvalue weighted by Gasteiger charge is 2.10. The third-order valence-corrected chi connectivity index (χ3v) is 4.36. The highest BCUT2D eigenvalue weighted by atomic mass is 16.5. The minimum Gasteiger partial charge on any atom is -0.483 e. The van der Waals surface area contributed by atoms with Crippen LogP contribution in [0.3, 0.4) is 0 Å². The van der Waals surface area contributed by atoms with Gasteiger partial charge in [-0.05, 0) is 42.0 Å². The summed E-state index contributed by atoms with van der Waals surface area (Å²) >= 11 is 0. The van der Waals surface area contributed by atoms with Crippen molar-refractivity contribution in [3.05, 3.63) is 59.7 Å². The molecule has 2 N–H and O–H groups in total. The monoisotopic (exact) mass is 394 g/mol. The number of unbranched alkanes of at least 4 members (excludes halogenated alkanes) is 1. The van der Waals surface area contributed by atoms with Gasteiger partial charge in [0.25, 0.3) is 5.91 Å². The summed E-state index contributed by atoms with van der Waals surface area (Å²) in [4.78, 5) is 12.2. The molecule has 0 fully saturated rings. The van der Waals surface area contributed by atoms with Crippen LogP contribution in [-0.2, 0) is 17.9 Å². The van der Waals surface area contributed by atoms with Crippen LogP contribution >= 0.6 is 0 Å². The van der Waals surface area contributed by atoms with E-state index in [9.17, 15) is 4.79 Å². The third-order valence-electron chi connectivity index (χ3n) is 4.36. The Morgan fingerprint density at radius 3 is 2.72 bits per heavy atom. The van der Waals surface area contributed by atoms with Crippen LogP contribution in [0.5, 0.6) is 5.75 Å². The largest absolute Gasteiger partial charge is 0.483 e. The number of hydrogen-bond acceptors (Lipinski definition) is 6. The SMILES string of the molecule is CCCCn1nnnc1NCc1ccccc1OCC(=O)Nc1ccc(C)cc1. The van der Waals surface area contributed by atoms with Crippen molar-refractivity contribution in [2.24, 2.45) is 0 Å². The van der Waals surface area contributed by atoms with E-state index in [-0.39, 0.29) is 12.5 Å². The number of rotatable bonds is 10. The zero-order valence-electron chi connectivity index (χ0n) is 16.8. The number of carbonyl (C=O) groups is 1. The van der Waals surface area contributed by atoms with E-state index < -0.39 is 0 Å². The number of carbonyl (C=O) groups excluding carboxylic acids is 1. The molecule has 3 rings (SSSR count). The highest BCUT2D eigenvalue weighted by molar-refractivity contribution is 5.91. The van der Waals surface area contributed by atoms with Gasteiger partial charge in [-0.2, -0.15) is 0 Å². The smallest absolute Gasteiger partial charge is 0.262 e. The van der Waals surface area contributed by atoms with Crippen molar-refractivity contribution >= 4 is 17.5 Å². The number of nitrogens with zero attached hydrogens (tertiary/aromatic N) is 4. The van der Waals surface area contributed by atoms with Crippen molar-refractivity contribution in [2.75, 3.05) is 17.2 Å². The Kier molecular flexibility index (Phi) is 7.16. The molecule has 0 saturated heterocycles. The standard InChI is InChI=1S/C21H26N6O2/c1-3-4-13-27-21(24-25-26-27)22-14-17-7-5-6-8-19(17)29-15-20(28)23-18-11-9-16(2)10-12-18/h5-12H,3-4,13-15H2,1-2H3,(H,23,28)(H,22,24,26). The van der Waals surface area contributed by atoms with Crippen LogP contribution in [0.15, 0.2) is 48.5 Å². The lowest BCUT2D eigenvalue weighted by Crippen LogP contribution is -2.20. The average Bonchev–Trinajstić information content (AvgIpc) is 3.18. The summed E-state index contributed by atoms with van der Waals surface area (Å²) in [5, 5.41) is 17.8. The quantitative estimate of drug-likeness (QED) is 0.547. The van der Waals surface area contributed by atoms with Gasteiger partial charge in [-0.15, -0.1) is 0 Å². The molecule has 2 aromatic carbocycles. The molecule has 0 atom stereocenters. The number of aryl methyl sites for hydroxylation is 2. The number of hydrogen-bond donors (Lipinski definition) is 2. The van der Waals surface area contributed by atoms with Crippen molar-refractivity contribution in [1.82, 2.24) is 20.2 Å². The molecule has 0 radical (unpaired) electrons. The van der Waals surface area contributed by atoms with E-state index in [0.717, 1.165) is 36.2 Å². The van der Waals surface area contributed by atoms with Gasteiger partial charge in [-0.1, -0.05) is 54.3 Å². The van der Waals surface area contributed by atoms with Crippen LogP contribution in [0.25, 0.3) is 0 Å². The van der Waals surface area contributed by atoms with E-state index >= 15 is 0 Å². The topological polar surface area (TPSA) is 94.0 Å². The van der Waals surface area contributed by atoms with Gasteiger partial charge in [0.15, 0.2) is 6.61 Å². The van der Waals surface area contributed by atoms with Crippen molar-refractivity contribution in [2.45, 2.75) is 39.8 Å². The number of benzene rings is 2. The summed E-state index contributed by atoms with van der Waals surface area (Å²) in [5.41, 5.74) is 2.81. The fraction of sp³-hybridized carbons (Fsp3) is 0.333. The zero-order valence-corrected chi connectivity index (χ0v) is 16.8. The fourth-order valence-electron chi connectivity index (χ4n) is 2.73. The maximum Gasteiger partial charge on any atom is 0.262 e. The molecule has 0 aliphatic rings. The molecule has 152 valence electrons. The Balaban J connectivity index is 1.55. The van der Waals surface area contributed by atoms with E-state index in [1.807, 2.05) is 55.5 Å². The van der Waals surface area contributed by atoms with Crippen LogP contribution in [0.2, 0.25) is 0 Å². The Labute approximate surface area is 170 Å². The Morgan fingerprint density at radius 2 is 1.93 bits per heavy atom. The first-order chi connectivity index (χ1) is 14.2. The molecule has 1 aromatic heterocycles. The minimum atomic E-state index is -0.208. The highest BCUT2D eigenvalue weighted by Crippen LogP contribution is 2.19. The van der Waals surface area contributed by atoms with Crippen molar-refractivity contribution in [3.8, 4) is 5.75 Å². The molecule has 0 aliphatic carbocycles. The first-order valence-electron chi connectivity index (χ1n) is 9.73. The van der Waals surface area contributed by atoms with Crippen LogP contribution in [-0.4, -0.2) is 32.7 Å². The van der Waals surface area contributed by atoms with Crippen LogP contribution in [0, 0.1) is 6.92 Å². The molecule has 8 heteroatoms. The van der Waals surface area contributed by atoms with E-state index in [2.05, 4.69) is 33.1 Å². The van der Waals surface area contributed by atoms with Gasteiger partial charge < -0.3 is 15.4 Å². The molecule has 0 spiro atoms. The summed E-state index contributed by atoms with van der Waals surface area (Å²) in [6, 6.07) is 15.2. The molecule has 3 aromatic rings. The molecule has 0 unspecified atom stereocenters. The Hall–Kier alpha value is -3.42. The maximum absolute atomic E-state index is 12.2. The van der Waals surface area contributed by atoms with Crippen molar-refractivity contribution < 1.29 is 9.53 Å². The fourth-order valence-corrected chi connectivity index (χ4v) is 2.73. The lowest BCUT2D eigenvalue weighted by molar-refractivity contribution is -0.118. The Bertz CT molecular complexity index is 923. The predicted octanol–water partition coefficient (Wildman–Crippen LogP) is 3.41. The summed E-state index contributed by atoms with van der Waals surface area (Å²) in [5.74, 6) is 1.05. The van der Waals surface area contributed by atoms with E-state index in [1.165, 1.54) is 0 Å². The summed E-state index contributed by atoms with van der Waals surface area (Å²) in [6.45, 7) is 5.31. The lowest BCUT2D eigenvalue weighted by Gasteiger charge is -2.13. The molecule has 1 heterocycles. The molecule has 8 nitrogen and oxygen atoms in total. The molecule has 0 bridgehead atoms. The number of nitrogens with one attached hydrogen (secondary N) is 2. The third kappa shape index (κ3) is 6.03. The molecule has 1 amide bonds. The summed E-state index contributed by atoms with van der Waals surface area (Å²) in [7, 11) is 0. The first kappa shape index (κ1) is 20.3. The van der Waals surface area contributed by atoms with Gasteiger partial charge in [-0.3, -0.25) is 4.79 Å². The normalized spacial score (nSPS) is 10.6. The molecule has 0 aliphatic heterocycles. The van der Waals surface area contributed by atoms with Gasteiger partial charge in [0.2, 0.25) is 5.95 Å². The van der Waals surface area contributed by atoms with Crippen LogP contribution in [0.4, 0.5) is 11.6 Å². The van der Waals surface area contributed by atoms with Crippen LogP contribution in [0.1, 0.15) is 30.9 Å². The second-order valence-corrected chi connectivity index (χ2v) is 6.74. The summed E-state index contributed by atoms with van der Waals surface area (Å²) < 4.78 is 7.50. The van der Waals surface area contributed by atoms with Crippen molar-refractivity contribution in [3.63, 3.8) is 0 Å². The zero-order chi connectivity index (χ0) is 20.5. The predicted molar refractivity (Wildman–Crippen MR) is 112 cm³/mol. The van der Waals surface area contributed by atoms with Crippen LogP contribution < -0.4 is 15.4 Å². The number of tetrazole rings is 1. The number of amides is 1. The van der Waals surface area contributed by atoms with E-state index in [0.29, 0.717) is 18.2 Å². The number of para-hydroxylation sites is 1. The molecular formula is C21H26N6O2. The van der Waals surface area contributed by atoms with Gasteiger partial charge in [0.1, 0.15) is 5.75 Å². The van der Waals surface area contributed by atoms with E-state index in [1.54, 1.807) is 4.68 Å². The Morgan fingerprint density at radius 1 is 1.14 bits per heavy atom. The van der Waals surface area contributed by atoms with Gasteiger partial charge >= 0.3 is 0 Å². The van der Waals surface area contributed by atoms with Crippen molar-refractivity contribution in [1.29, 1.82) is 0 Å². The average molecular weight is 394 g/mol. The van der Waals surface area contributed by atoms with E-state index in [4.69, 9.17) is 4.74 Å². The first-order valence-corrected chi connectivity index (χ1v) is 9.73. The van der Waals surface area contributed by atoms with Gasteiger partial charge in [0, 0.05) is 24.3 Å². The minimum absolute atomic E-state index is 0.0703. The molecule has 29 heavy (non-hydrogen) atoms. The number of aromatic nitrogens is 4. The lowest BCUT2D eigenvalue weighted by atomic mass is 10.2.